The average molecular weight is 303 g/mol. The fourth-order valence-electron chi connectivity index (χ4n) is 1.90. The molecule has 21 heavy (non-hydrogen) atoms. The molecule has 0 saturated carbocycles. The van der Waals surface area contributed by atoms with Gasteiger partial charge in [0.15, 0.2) is 0 Å². The van der Waals surface area contributed by atoms with E-state index in [1.54, 1.807) is 31.3 Å². The maximum Gasteiger partial charge on any atom is 0.256 e. The van der Waals surface area contributed by atoms with Crippen molar-refractivity contribution in [3.8, 4) is 6.07 Å². The second-order valence-electron chi connectivity index (χ2n) is 4.59. The molecule has 0 unspecified atom stereocenters. The third-order valence-electron chi connectivity index (χ3n) is 3.01. The number of hydrogen-bond donors (Lipinski definition) is 0. The smallest absolute Gasteiger partial charge is 0.256 e. The van der Waals surface area contributed by atoms with Crippen molar-refractivity contribution in [3.05, 3.63) is 70.0 Å². The number of carbonyl (C=O) groups is 1. The van der Waals surface area contributed by atoms with Crippen LogP contribution in [0, 0.1) is 17.1 Å². The molecule has 2 aromatic rings. The molecule has 0 bridgehead atoms. The number of carbonyl (C=O) groups excluding carboxylic acids is 1. The first-order valence-corrected chi connectivity index (χ1v) is 6.58. The second-order valence-corrected chi connectivity index (χ2v) is 5.03. The van der Waals surface area contributed by atoms with E-state index >= 15 is 0 Å². The van der Waals surface area contributed by atoms with Crippen molar-refractivity contribution >= 4 is 17.5 Å². The Labute approximate surface area is 127 Å². The minimum Gasteiger partial charge on any atom is -0.337 e. The van der Waals surface area contributed by atoms with Crippen molar-refractivity contribution in [1.82, 2.24) is 4.90 Å². The molecule has 106 valence electrons. The van der Waals surface area contributed by atoms with E-state index in [4.69, 9.17) is 16.9 Å². The highest BCUT2D eigenvalue weighted by Crippen LogP contribution is 2.17. The summed E-state index contributed by atoms with van der Waals surface area (Å²) in [7, 11) is 1.58. The molecule has 0 spiro atoms. The molecule has 0 heterocycles. The molecule has 0 saturated heterocycles. The zero-order valence-electron chi connectivity index (χ0n) is 11.3. The summed E-state index contributed by atoms with van der Waals surface area (Å²) in [4.78, 5) is 13.6. The number of halogens is 2. The Morgan fingerprint density at radius 3 is 2.57 bits per heavy atom. The summed E-state index contributed by atoms with van der Waals surface area (Å²) in [5.74, 6) is -1.05. The van der Waals surface area contributed by atoms with Crippen LogP contribution in [0.15, 0.2) is 42.5 Å². The van der Waals surface area contributed by atoms with E-state index in [9.17, 15) is 9.18 Å². The summed E-state index contributed by atoms with van der Waals surface area (Å²) in [5.41, 5.74) is 1.35. The van der Waals surface area contributed by atoms with Gasteiger partial charge < -0.3 is 4.90 Å². The zero-order chi connectivity index (χ0) is 15.4. The van der Waals surface area contributed by atoms with Crippen molar-refractivity contribution in [2.24, 2.45) is 0 Å². The summed E-state index contributed by atoms with van der Waals surface area (Å²) < 4.78 is 13.7. The summed E-state index contributed by atoms with van der Waals surface area (Å²) in [5, 5.41) is 9.05. The third kappa shape index (κ3) is 3.59. The van der Waals surface area contributed by atoms with Gasteiger partial charge in [0.25, 0.3) is 5.91 Å². The number of amides is 1. The Kier molecular flexibility index (Phi) is 4.56. The van der Waals surface area contributed by atoms with Crippen LogP contribution in [0.1, 0.15) is 21.5 Å². The predicted molar refractivity (Wildman–Crippen MR) is 78.4 cm³/mol. The number of hydrogen-bond acceptors (Lipinski definition) is 2. The molecule has 0 radical (unpaired) electrons. The van der Waals surface area contributed by atoms with E-state index in [-0.39, 0.29) is 5.56 Å². The molecule has 0 aromatic heterocycles. The molecule has 0 fully saturated rings. The van der Waals surface area contributed by atoms with Crippen molar-refractivity contribution < 1.29 is 9.18 Å². The van der Waals surface area contributed by atoms with Gasteiger partial charge in [-0.15, -0.1) is 0 Å². The molecular weight excluding hydrogens is 291 g/mol. The van der Waals surface area contributed by atoms with E-state index in [2.05, 4.69) is 0 Å². The van der Waals surface area contributed by atoms with E-state index in [0.29, 0.717) is 17.1 Å². The summed E-state index contributed by atoms with van der Waals surface area (Å²) >= 11 is 5.79. The largest absolute Gasteiger partial charge is 0.337 e. The number of rotatable bonds is 3. The first kappa shape index (κ1) is 15.0. The van der Waals surface area contributed by atoms with Crippen LogP contribution in [0.4, 0.5) is 4.39 Å². The van der Waals surface area contributed by atoms with Crippen LogP contribution < -0.4 is 0 Å². The van der Waals surface area contributed by atoms with Gasteiger partial charge in [0.2, 0.25) is 0 Å². The fourth-order valence-corrected chi connectivity index (χ4v) is 2.07. The minimum absolute atomic E-state index is 0.0568. The van der Waals surface area contributed by atoms with Gasteiger partial charge in [0.05, 0.1) is 17.2 Å². The van der Waals surface area contributed by atoms with Gasteiger partial charge in [0.1, 0.15) is 5.82 Å². The maximum absolute atomic E-state index is 13.7. The molecule has 1 amide bonds. The van der Waals surface area contributed by atoms with Crippen LogP contribution in [-0.4, -0.2) is 17.9 Å². The van der Waals surface area contributed by atoms with E-state index in [1.807, 2.05) is 6.07 Å². The molecule has 5 heteroatoms. The standard InChI is InChI=1S/C16H12ClFN2O/c1-20(10-12-4-2-11(9-19)3-5-12)16(21)14-8-13(17)6-7-15(14)18/h2-8H,10H2,1H3. The molecule has 2 rings (SSSR count). The number of nitrogens with zero attached hydrogens (tertiary/aromatic N) is 2. The van der Waals surface area contributed by atoms with Crippen molar-refractivity contribution in [3.63, 3.8) is 0 Å². The van der Waals surface area contributed by atoms with Crippen molar-refractivity contribution in [1.29, 1.82) is 5.26 Å². The first-order valence-electron chi connectivity index (χ1n) is 6.21. The molecule has 3 nitrogen and oxygen atoms in total. The van der Waals surface area contributed by atoms with Gasteiger partial charge in [-0.1, -0.05) is 23.7 Å². The van der Waals surface area contributed by atoms with Crippen molar-refractivity contribution in [2.45, 2.75) is 6.54 Å². The van der Waals surface area contributed by atoms with Gasteiger partial charge in [0, 0.05) is 18.6 Å². The summed E-state index contributed by atoms with van der Waals surface area (Å²) in [6.45, 7) is 0.316. The minimum atomic E-state index is -0.601. The Morgan fingerprint density at radius 2 is 1.95 bits per heavy atom. The highest BCUT2D eigenvalue weighted by atomic mass is 35.5. The van der Waals surface area contributed by atoms with Gasteiger partial charge in [-0.3, -0.25) is 4.79 Å². The first-order chi connectivity index (χ1) is 10.0. The van der Waals surface area contributed by atoms with Crippen LogP contribution in [0.5, 0.6) is 0 Å². The second kappa shape index (κ2) is 6.38. The zero-order valence-corrected chi connectivity index (χ0v) is 12.1. The highest BCUT2D eigenvalue weighted by Gasteiger charge is 2.16. The van der Waals surface area contributed by atoms with Gasteiger partial charge in [-0.05, 0) is 35.9 Å². The lowest BCUT2D eigenvalue weighted by atomic mass is 10.1. The van der Waals surface area contributed by atoms with E-state index in [0.717, 1.165) is 5.56 Å². The molecule has 0 aliphatic carbocycles. The van der Waals surface area contributed by atoms with Gasteiger partial charge >= 0.3 is 0 Å². The quantitative estimate of drug-likeness (QED) is 0.869. The van der Waals surface area contributed by atoms with Crippen LogP contribution in [0.2, 0.25) is 5.02 Å². The molecule has 2 aromatic carbocycles. The Bertz CT molecular complexity index is 707. The third-order valence-corrected chi connectivity index (χ3v) is 3.24. The fraction of sp³-hybridized carbons (Fsp3) is 0.125. The van der Waals surface area contributed by atoms with E-state index < -0.39 is 11.7 Å². The average Bonchev–Trinajstić information content (AvgIpc) is 2.49. The van der Waals surface area contributed by atoms with Crippen LogP contribution in [0.3, 0.4) is 0 Å². The van der Waals surface area contributed by atoms with Crippen LogP contribution in [-0.2, 0) is 6.54 Å². The molecule has 0 atom stereocenters. The predicted octanol–water partition coefficient (Wildman–Crippen LogP) is 3.62. The highest BCUT2D eigenvalue weighted by molar-refractivity contribution is 6.30. The lowest BCUT2D eigenvalue weighted by Crippen LogP contribution is -2.27. The van der Waals surface area contributed by atoms with Gasteiger partial charge in [-0.25, -0.2) is 4.39 Å². The van der Waals surface area contributed by atoms with Crippen molar-refractivity contribution in [2.75, 3.05) is 7.05 Å². The van der Waals surface area contributed by atoms with Gasteiger partial charge in [-0.2, -0.15) is 5.26 Å². The normalized spacial score (nSPS) is 10.0. The SMILES string of the molecule is CN(Cc1ccc(C#N)cc1)C(=O)c1cc(Cl)ccc1F. The maximum atomic E-state index is 13.7. The Hall–Kier alpha value is -2.38. The lowest BCUT2D eigenvalue weighted by Gasteiger charge is -2.18. The molecule has 0 aliphatic heterocycles. The Morgan fingerprint density at radius 1 is 1.29 bits per heavy atom. The topological polar surface area (TPSA) is 44.1 Å². The summed E-state index contributed by atoms with van der Waals surface area (Å²) in [6.07, 6.45) is 0. The number of nitriles is 1. The van der Waals surface area contributed by atoms with Crippen LogP contribution in [0.25, 0.3) is 0 Å². The number of benzene rings is 2. The molecule has 0 aliphatic rings. The van der Waals surface area contributed by atoms with Crippen LogP contribution >= 0.6 is 11.6 Å². The molecule has 0 N–H and O–H groups in total. The monoisotopic (exact) mass is 302 g/mol. The molecular formula is C16H12ClFN2O. The lowest BCUT2D eigenvalue weighted by molar-refractivity contribution is 0.0780. The summed E-state index contributed by atoms with van der Waals surface area (Å²) in [6, 6.07) is 12.8. The Balaban J connectivity index is 2.15. The van der Waals surface area contributed by atoms with E-state index in [1.165, 1.54) is 23.1 Å².